The topological polar surface area (TPSA) is 328 Å². The number of rotatable bonds is 4. The first-order chi connectivity index (χ1) is 22.9. The van der Waals surface area contributed by atoms with Gasteiger partial charge in [0.1, 0.15) is 22.8 Å². The molecule has 2 N–H and O–H groups in total. The number of pyridine rings is 4. The van der Waals surface area contributed by atoms with Crippen molar-refractivity contribution in [2.24, 2.45) is 0 Å². The van der Waals surface area contributed by atoms with Crippen molar-refractivity contribution in [2.75, 3.05) is 14.2 Å². The summed E-state index contributed by atoms with van der Waals surface area (Å²) in [6.45, 7) is 0. The number of hydrogen-bond acceptors (Lipinski definition) is 20. The molecule has 18 nitrogen and oxygen atoms in total. The third-order valence-corrected chi connectivity index (χ3v) is 6.32. The van der Waals surface area contributed by atoms with Crippen molar-refractivity contribution in [3.63, 3.8) is 0 Å². The Labute approximate surface area is 301 Å². The molecule has 6 aromatic rings. The molecule has 0 bridgehead atoms. The van der Waals surface area contributed by atoms with Crippen molar-refractivity contribution in [3.8, 4) is 42.8 Å². The number of aliphatic hydroxyl groups excluding tert-OH is 2. The van der Waals surface area contributed by atoms with Gasteiger partial charge in [0.05, 0.1) is 0 Å². The second-order valence-electron chi connectivity index (χ2n) is 7.44. The fourth-order valence-corrected chi connectivity index (χ4v) is 4.41. The number of aliphatic hydroxyl groups is 2. The number of nitrogens with zero attached hydrogens (tertiary/aromatic N) is 8. The number of hydrogen-bond donors (Lipinski definition) is 2. The summed E-state index contributed by atoms with van der Waals surface area (Å²) in [4.78, 5) is 17.0. The average Bonchev–Trinajstić information content (AvgIpc) is 3.79. The fourth-order valence-electron chi connectivity index (χ4n) is 2.82. The van der Waals surface area contributed by atoms with Gasteiger partial charge in [-0.1, -0.05) is 46.9 Å². The fraction of sp³-hybridized carbons (Fsp3) is 0.0769. The third kappa shape index (κ3) is 20.5. The zero-order valence-electron chi connectivity index (χ0n) is 24.9. The van der Waals surface area contributed by atoms with Crippen LogP contribution in [0.25, 0.3) is 42.8 Å². The van der Waals surface area contributed by atoms with Crippen LogP contribution in [0, 0.1) is 20.5 Å². The molecule has 0 aliphatic rings. The van der Waals surface area contributed by atoms with Gasteiger partial charge in [0, 0.05) is 39.0 Å². The van der Waals surface area contributed by atoms with Gasteiger partial charge in [0.15, 0.2) is 20.0 Å². The van der Waals surface area contributed by atoms with E-state index in [0.717, 1.165) is 57.0 Å². The van der Waals surface area contributed by atoms with E-state index < -0.39 is 20.5 Å². The molecule has 49 heavy (non-hydrogen) atoms. The van der Waals surface area contributed by atoms with Gasteiger partial charge in [-0.05, 0) is 48.5 Å². The smallest absolute Gasteiger partial charge is 0.400 e. The normalized spacial score (nSPS) is 9.88. The van der Waals surface area contributed by atoms with Crippen LogP contribution in [0.4, 0.5) is 0 Å². The molecule has 0 aliphatic carbocycles. The Morgan fingerprint density at radius 3 is 0.735 bits per heavy atom. The van der Waals surface area contributed by atoms with E-state index in [1.54, 1.807) is 24.8 Å². The van der Waals surface area contributed by atoms with Gasteiger partial charge in [0.2, 0.25) is 0 Å². The van der Waals surface area contributed by atoms with E-state index in [2.05, 4.69) is 40.3 Å². The minimum atomic E-state index is -4.94. The maximum absolute atomic E-state index is 8.49. The minimum Gasteiger partial charge on any atom is -0.400 e. The Morgan fingerprint density at radius 1 is 0.408 bits per heavy atom. The molecular weight excluding hydrogens is 775 g/mol. The summed E-state index contributed by atoms with van der Waals surface area (Å²) in [5.41, 5.74) is 3.36. The van der Waals surface area contributed by atoms with Crippen LogP contribution in [0.15, 0.2) is 97.6 Å². The number of halogens is 2. The molecule has 262 valence electrons. The van der Waals surface area contributed by atoms with Crippen LogP contribution in [-0.2, 0) is 17.1 Å². The molecule has 0 amide bonds. The monoisotopic (exact) mass is 798 g/mol. The molecule has 0 spiro atoms. The molecule has 0 unspecified atom stereocenters. The number of aromatic nitrogens is 8. The van der Waals surface area contributed by atoms with E-state index in [4.69, 9.17) is 47.5 Å². The molecular formula is C26H24Cl2FeN8O10S2. The van der Waals surface area contributed by atoms with Gasteiger partial charge < -0.3 is 10.2 Å². The summed E-state index contributed by atoms with van der Waals surface area (Å²) < 4.78 is 67.9. The molecule has 6 rings (SSSR count). The molecule has 23 heteroatoms. The average molecular weight is 799 g/mol. The van der Waals surface area contributed by atoms with E-state index in [0.29, 0.717) is 0 Å². The van der Waals surface area contributed by atoms with E-state index in [9.17, 15) is 0 Å². The van der Waals surface area contributed by atoms with Crippen molar-refractivity contribution >= 4 is 22.7 Å². The molecule has 0 saturated heterocycles. The van der Waals surface area contributed by atoms with E-state index in [-0.39, 0.29) is 17.1 Å². The van der Waals surface area contributed by atoms with Crippen molar-refractivity contribution in [2.45, 2.75) is 0 Å². The van der Waals surface area contributed by atoms with E-state index >= 15 is 0 Å². The minimum absolute atomic E-state index is 0. The van der Waals surface area contributed by atoms with Crippen LogP contribution in [0.3, 0.4) is 0 Å². The quantitative estimate of drug-likeness (QED) is 0.158. The molecule has 0 saturated carbocycles. The Bertz CT molecular complexity index is 1430. The van der Waals surface area contributed by atoms with Gasteiger partial charge >= 0.3 is 17.1 Å². The molecule has 0 aliphatic heterocycles. The Kier molecular flexibility index (Phi) is 22.7. The summed E-state index contributed by atoms with van der Waals surface area (Å²) in [6.07, 6.45) is 6.99. The standard InChI is InChI=1S/2C12H8N4S.2CH4O.2ClHO4.Fe/c2*1-3-7-13-9(5-1)11-15-16-12(17-11)10-6-2-4-8-14-10;2*1-2;2*2-1(3,4)5;/h2*1-8H;2*2H,1H3;2*(H,2,3,4,5);/q;;;;;;+2/p-2. The Hall–Kier alpha value is -3.58. The van der Waals surface area contributed by atoms with Crippen LogP contribution >= 0.6 is 22.7 Å². The molecule has 6 aromatic heterocycles. The predicted octanol–water partition coefficient (Wildman–Crippen LogP) is -4.97. The van der Waals surface area contributed by atoms with Crippen molar-refractivity contribution in [3.05, 3.63) is 97.6 Å². The summed E-state index contributed by atoms with van der Waals surface area (Å²) >= 11 is 2.98. The molecule has 0 atom stereocenters. The van der Waals surface area contributed by atoms with Gasteiger partial charge in [-0.25, -0.2) is 37.3 Å². The van der Waals surface area contributed by atoms with Crippen molar-refractivity contribution in [1.29, 1.82) is 0 Å². The van der Waals surface area contributed by atoms with E-state index in [1.165, 1.54) is 22.7 Å². The SMILES string of the molecule is CO.CO.[Fe+2].[O-][Cl+3]([O-])([O-])[O-].[O-][Cl+3]([O-])([O-])[O-].c1ccc(-c2nnc(-c3ccccn3)s2)nc1.c1ccc(-c2nnc(-c3ccccn3)s2)nc1. The largest absolute Gasteiger partial charge is 2.00 e. The summed E-state index contributed by atoms with van der Waals surface area (Å²) in [5, 5.41) is 33.8. The van der Waals surface area contributed by atoms with Crippen LogP contribution in [0.5, 0.6) is 0 Å². The second-order valence-corrected chi connectivity index (χ2v) is 10.9. The maximum atomic E-state index is 8.49. The first-order valence-corrected chi connectivity index (χ1v) is 16.4. The Balaban J connectivity index is 0.000000678. The maximum Gasteiger partial charge on any atom is 2.00 e. The predicted molar refractivity (Wildman–Crippen MR) is 149 cm³/mol. The molecule has 6 heterocycles. The van der Waals surface area contributed by atoms with Crippen LogP contribution in [-0.4, -0.2) is 64.8 Å². The molecule has 0 aromatic carbocycles. The van der Waals surface area contributed by atoms with Gasteiger partial charge in [-0.15, -0.1) is 40.9 Å². The van der Waals surface area contributed by atoms with Gasteiger partial charge in [-0.3, -0.25) is 19.9 Å². The van der Waals surface area contributed by atoms with Crippen LogP contribution in [0.1, 0.15) is 0 Å². The van der Waals surface area contributed by atoms with Gasteiger partial charge in [0.25, 0.3) is 0 Å². The summed E-state index contributed by atoms with van der Waals surface area (Å²) in [6, 6.07) is 22.9. The molecule has 0 fully saturated rings. The van der Waals surface area contributed by atoms with E-state index in [1.807, 2.05) is 72.8 Å². The first-order valence-electron chi connectivity index (χ1n) is 12.3. The summed E-state index contributed by atoms with van der Waals surface area (Å²) in [7, 11) is -7.89. The zero-order chi connectivity index (χ0) is 36.0. The van der Waals surface area contributed by atoms with Crippen molar-refractivity contribution in [1.82, 2.24) is 40.3 Å². The Morgan fingerprint density at radius 2 is 0.592 bits per heavy atom. The molecule has 0 radical (unpaired) electrons. The van der Waals surface area contributed by atoms with Crippen LogP contribution in [0.2, 0.25) is 0 Å². The van der Waals surface area contributed by atoms with Crippen LogP contribution < -0.4 is 37.3 Å². The summed E-state index contributed by atoms with van der Waals surface area (Å²) in [5.74, 6) is 0. The van der Waals surface area contributed by atoms with Gasteiger partial charge in [-0.2, -0.15) is 0 Å². The van der Waals surface area contributed by atoms with Crippen molar-refractivity contribution < 1.29 is 85.0 Å². The second kappa shape index (κ2) is 24.5. The zero-order valence-corrected chi connectivity index (χ0v) is 29.2. The third-order valence-electron chi connectivity index (χ3n) is 4.39. The first kappa shape index (κ1) is 45.4.